The maximum atomic E-state index is 4.49. The maximum Gasteiger partial charge on any atom is 0.212 e. The highest BCUT2D eigenvalue weighted by Crippen LogP contribution is 2.29. The molecule has 0 amide bonds. The van der Waals surface area contributed by atoms with Gasteiger partial charge in [0.05, 0.1) is 11.9 Å². The Morgan fingerprint density at radius 3 is 2.50 bits per heavy atom. The Morgan fingerprint density at radius 1 is 1.05 bits per heavy atom. The highest BCUT2D eigenvalue weighted by molar-refractivity contribution is 7.14. The Hall–Kier alpha value is -0.900. The van der Waals surface area contributed by atoms with E-state index in [0.717, 1.165) is 4.96 Å². The molecule has 0 spiro atoms. The molecule has 0 N–H and O–H groups in total. The van der Waals surface area contributed by atoms with Crippen molar-refractivity contribution < 1.29 is 0 Å². The van der Waals surface area contributed by atoms with Gasteiger partial charge >= 0.3 is 0 Å². The van der Waals surface area contributed by atoms with Crippen LogP contribution >= 0.6 is 11.3 Å². The minimum atomic E-state index is 0.635. The zero-order valence-corrected chi connectivity index (χ0v) is 13.7. The van der Waals surface area contributed by atoms with Crippen LogP contribution in [0.2, 0.25) is 0 Å². The number of aromatic nitrogens is 3. The van der Waals surface area contributed by atoms with Crippen molar-refractivity contribution in [2.45, 2.75) is 77.6 Å². The zero-order valence-electron chi connectivity index (χ0n) is 12.8. The van der Waals surface area contributed by atoms with E-state index >= 15 is 0 Å². The van der Waals surface area contributed by atoms with Gasteiger partial charge in [-0.3, -0.25) is 0 Å². The van der Waals surface area contributed by atoms with Gasteiger partial charge in [-0.15, -0.1) is 0 Å². The smallest absolute Gasteiger partial charge is 0.212 e. The van der Waals surface area contributed by atoms with E-state index in [1.807, 2.05) is 5.51 Å². The summed E-state index contributed by atoms with van der Waals surface area (Å²) in [5.41, 5.74) is 3.22. The molecule has 1 atom stereocenters. The monoisotopic (exact) mass is 293 g/mol. The maximum absolute atomic E-state index is 4.49. The minimum absolute atomic E-state index is 0.635. The standard InChI is InChI=1S/C16H27N3S/c1-3-5-7-9-11-14(10-8-6-4-2)15-12-17-16-19(15)18-13-20-16/h12-14H,3-11H2,1-2H3. The molecule has 0 fully saturated rings. The highest BCUT2D eigenvalue weighted by atomic mass is 32.1. The molecule has 4 heteroatoms. The summed E-state index contributed by atoms with van der Waals surface area (Å²) < 4.78 is 2.06. The van der Waals surface area contributed by atoms with E-state index in [-0.39, 0.29) is 0 Å². The molecular weight excluding hydrogens is 266 g/mol. The van der Waals surface area contributed by atoms with Crippen molar-refractivity contribution in [2.75, 3.05) is 0 Å². The molecule has 2 aromatic heterocycles. The first-order valence-electron chi connectivity index (χ1n) is 8.14. The fourth-order valence-electron chi connectivity index (χ4n) is 2.83. The van der Waals surface area contributed by atoms with Crippen molar-refractivity contribution >= 4 is 16.3 Å². The summed E-state index contributed by atoms with van der Waals surface area (Å²) in [6.07, 6.45) is 13.9. The molecule has 2 heterocycles. The lowest BCUT2D eigenvalue weighted by atomic mass is 9.92. The molecule has 3 nitrogen and oxygen atoms in total. The van der Waals surface area contributed by atoms with Crippen molar-refractivity contribution in [3.63, 3.8) is 0 Å². The number of hydrogen-bond donors (Lipinski definition) is 0. The summed E-state index contributed by atoms with van der Waals surface area (Å²) in [6, 6.07) is 0. The topological polar surface area (TPSA) is 30.2 Å². The second-order valence-corrected chi connectivity index (χ2v) is 6.47. The Morgan fingerprint density at radius 2 is 1.75 bits per heavy atom. The molecule has 2 rings (SSSR count). The van der Waals surface area contributed by atoms with E-state index in [2.05, 4.69) is 34.6 Å². The van der Waals surface area contributed by atoms with E-state index < -0.39 is 0 Å². The van der Waals surface area contributed by atoms with Gasteiger partial charge in [0, 0.05) is 5.92 Å². The van der Waals surface area contributed by atoms with Gasteiger partial charge in [0.2, 0.25) is 4.96 Å². The van der Waals surface area contributed by atoms with Gasteiger partial charge in [-0.2, -0.15) is 5.10 Å². The molecule has 0 aliphatic heterocycles. The minimum Gasteiger partial charge on any atom is -0.226 e. The number of imidazole rings is 1. The van der Waals surface area contributed by atoms with E-state index in [0.29, 0.717) is 5.92 Å². The Kier molecular flexibility index (Phi) is 6.51. The van der Waals surface area contributed by atoms with E-state index in [1.54, 1.807) is 11.3 Å². The van der Waals surface area contributed by atoms with Crippen molar-refractivity contribution in [3.05, 3.63) is 17.4 Å². The van der Waals surface area contributed by atoms with E-state index in [1.165, 1.54) is 63.5 Å². The molecule has 0 aliphatic carbocycles. The van der Waals surface area contributed by atoms with Crippen LogP contribution in [-0.4, -0.2) is 14.6 Å². The van der Waals surface area contributed by atoms with Gasteiger partial charge < -0.3 is 0 Å². The molecule has 2 aromatic rings. The second-order valence-electron chi connectivity index (χ2n) is 5.66. The van der Waals surface area contributed by atoms with Crippen molar-refractivity contribution in [1.29, 1.82) is 0 Å². The van der Waals surface area contributed by atoms with Crippen molar-refractivity contribution in [3.8, 4) is 0 Å². The Labute approximate surface area is 126 Å². The highest BCUT2D eigenvalue weighted by Gasteiger charge is 2.17. The van der Waals surface area contributed by atoms with Crippen LogP contribution in [0, 0.1) is 0 Å². The summed E-state index contributed by atoms with van der Waals surface area (Å²) in [5.74, 6) is 0.635. The van der Waals surface area contributed by atoms with E-state index in [9.17, 15) is 0 Å². The first-order chi connectivity index (χ1) is 9.86. The molecule has 112 valence electrons. The third-order valence-electron chi connectivity index (χ3n) is 4.03. The average molecular weight is 293 g/mol. The van der Waals surface area contributed by atoms with Crippen LogP contribution in [0.3, 0.4) is 0 Å². The molecule has 0 aromatic carbocycles. The van der Waals surface area contributed by atoms with Gasteiger partial charge in [-0.05, 0) is 12.8 Å². The SMILES string of the molecule is CCCCCCC(CCCCC)c1cnc2scnn12. The first kappa shape index (κ1) is 15.5. The quantitative estimate of drug-likeness (QED) is 0.547. The summed E-state index contributed by atoms with van der Waals surface area (Å²) in [7, 11) is 0. The Balaban J connectivity index is 1.99. The number of hydrogen-bond acceptors (Lipinski definition) is 3. The van der Waals surface area contributed by atoms with Gasteiger partial charge in [0.15, 0.2) is 0 Å². The average Bonchev–Trinajstić information content (AvgIpc) is 3.05. The number of fused-ring (bicyclic) bond motifs is 1. The lowest BCUT2D eigenvalue weighted by Gasteiger charge is -2.15. The summed E-state index contributed by atoms with van der Waals surface area (Å²) in [4.78, 5) is 5.53. The fourth-order valence-corrected chi connectivity index (χ4v) is 3.43. The molecular formula is C16H27N3S. The van der Waals surface area contributed by atoms with Gasteiger partial charge in [0.1, 0.15) is 5.51 Å². The summed E-state index contributed by atoms with van der Waals surface area (Å²) in [6.45, 7) is 4.54. The summed E-state index contributed by atoms with van der Waals surface area (Å²) >= 11 is 1.63. The Bertz CT molecular complexity index is 489. The first-order valence-corrected chi connectivity index (χ1v) is 9.01. The predicted octanol–water partition coefficient (Wildman–Crippen LogP) is 5.43. The normalized spacial score (nSPS) is 13.1. The van der Waals surface area contributed by atoms with Crippen molar-refractivity contribution in [1.82, 2.24) is 14.6 Å². The lowest BCUT2D eigenvalue weighted by molar-refractivity contribution is 0.487. The molecule has 0 saturated heterocycles. The third-order valence-corrected chi connectivity index (χ3v) is 4.72. The van der Waals surface area contributed by atoms with Crippen LogP contribution in [-0.2, 0) is 0 Å². The van der Waals surface area contributed by atoms with Crippen molar-refractivity contribution in [2.24, 2.45) is 0 Å². The molecule has 0 bridgehead atoms. The molecule has 0 aliphatic rings. The van der Waals surface area contributed by atoms with Crippen LogP contribution in [0.5, 0.6) is 0 Å². The predicted molar refractivity (Wildman–Crippen MR) is 86.5 cm³/mol. The summed E-state index contributed by atoms with van der Waals surface area (Å²) in [5, 5.41) is 4.44. The number of nitrogens with zero attached hydrogens (tertiary/aromatic N) is 3. The third kappa shape index (κ3) is 4.05. The van der Waals surface area contributed by atoms with Gasteiger partial charge in [-0.1, -0.05) is 70.1 Å². The van der Waals surface area contributed by atoms with Gasteiger partial charge in [-0.25, -0.2) is 9.50 Å². The van der Waals surface area contributed by atoms with Crippen LogP contribution in [0.15, 0.2) is 11.7 Å². The van der Waals surface area contributed by atoms with Crippen LogP contribution < -0.4 is 0 Å². The largest absolute Gasteiger partial charge is 0.226 e. The number of rotatable bonds is 10. The zero-order chi connectivity index (χ0) is 14.2. The van der Waals surface area contributed by atoms with Crippen LogP contribution in [0.1, 0.15) is 83.2 Å². The lowest BCUT2D eigenvalue weighted by Crippen LogP contribution is -2.04. The van der Waals surface area contributed by atoms with Crippen LogP contribution in [0.25, 0.3) is 4.96 Å². The molecule has 1 unspecified atom stereocenters. The van der Waals surface area contributed by atoms with Gasteiger partial charge in [0.25, 0.3) is 0 Å². The second kappa shape index (κ2) is 8.40. The molecule has 0 radical (unpaired) electrons. The number of unbranched alkanes of at least 4 members (excludes halogenated alkanes) is 5. The van der Waals surface area contributed by atoms with E-state index in [4.69, 9.17) is 0 Å². The molecule has 20 heavy (non-hydrogen) atoms. The molecule has 0 saturated carbocycles. The fraction of sp³-hybridized carbons (Fsp3) is 0.750. The van der Waals surface area contributed by atoms with Crippen LogP contribution in [0.4, 0.5) is 0 Å².